The molecule has 1 rings (SSSR count). The molecule has 0 bridgehead atoms. The van der Waals surface area contributed by atoms with Crippen molar-refractivity contribution in [2.24, 2.45) is 5.41 Å². The Bertz CT molecular complexity index is 496. The molecule has 0 radical (unpaired) electrons. The predicted octanol–water partition coefficient (Wildman–Crippen LogP) is 3.51. The SMILES string of the molecule is CC(C)(C)CC(C)(C)c1cc(O)c(O)c(C(=O)O)c1. The molecule has 0 heterocycles. The number of phenolic OH excluding ortho intramolecular Hbond substituents is 1. The molecule has 3 N–H and O–H groups in total. The highest BCUT2D eigenvalue weighted by Crippen LogP contribution is 2.40. The second-order valence-electron chi connectivity index (χ2n) is 6.82. The molecule has 0 aromatic heterocycles. The van der Waals surface area contributed by atoms with Crippen molar-refractivity contribution in [2.45, 2.75) is 46.5 Å². The average Bonchev–Trinajstić information content (AvgIpc) is 2.17. The molecular weight excluding hydrogens is 244 g/mol. The van der Waals surface area contributed by atoms with E-state index in [1.807, 2.05) is 13.8 Å². The number of hydrogen-bond acceptors (Lipinski definition) is 3. The fourth-order valence-electron chi connectivity index (χ4n) is 2.60. The summed E-state index contributed by atoms with van der Waals surface area (Å²) in [7, 11) is 0. The second kappa shape index (κ2) is 4.76. The summed E-state index contributed by atoms with van der Waals surface area (Å²) in [6.07, 6.45) is 0.823. The number of aromatic carboxylic acids is 1. The van der Waals surface area contributed by atoms with Crippen molar-refractivity contribution in [1.29, 1.82) is 0 Å². The van der Waals surface area contributed by atoms with Gasteiger partial charge in [0.2, 0.25) is 0 Å². The molecule has 19 heavy (non-hydrogen) atoms. The van der Waals surface area contributed by atoms with E-state index >= 15 is 0 Å². The minimum absolute atomic E-state index is 0.0698. The third-order valence-electron chi connectivity index (χ3n) is 3.07. The summed E-state index contributed by atoms with van der Waals surface area (Å²) >= 11 is 0. The molecular formula is C15H22O4. The molecule has 0 aliphatic carbocycles. The minimum atomic E-state index is -1.25. The van der Waals surface area contributed by atoms with Gasteiger partial charge >= 0.3 is 5.97 Å². The van der Waals surface area contributed by atoms with E-state index in [-0.39, 0.29) is 16.4 Å². The van der Waals surface area contributed by atoms with Gasteiger partial charge in [0.1, 0.15) is 5.56 Å². The molecule has 0 atom stereocenters. The monoisotopic (exact) mass is 266 g/mol. The molecule has 0 saturated carbocycles. The largest absolute Gasteiger partial charge is 0.504 e. The minimum Gasteiger partial charge on any atom is -0.504 e. The fourth-order valence-corrected chi connectivity index (χ4v) is 2.60. The van der Waals surface area contributed by atoms with Gasteiger partial charge < -0.3 is 15.3 Å². The number of carboxylic acid groups (broad SMARTS) is 1. The molecule has 0 amide bonds. The predicted molar refractivity (Wildman–Crippen MR) is 73.8 cm³/mol. The number of carbonyl (C=O) groups is 1. The van der Waals surface area contributed by atoms with Crippen LogP contribution in [0.15, 0.2) is 12.1 Å². The quantitative estimate of drug-likeness (QED) is 0.731. The molecule has 1 aromatic carbocycles. The zero-order chi connectivity index (χ0) is 15.0. The Labute approximate surface area is 113 Å². The zero-order valence-electron chi connectivity index (χ0n) is 12.1. The molecule has 0 aliphatic heterocycles. The maximum absolute atomic E-state index is 11.1. The Morgan fingerprint density at radius 2 is 1.63 bits per heavy atom. The van der Waals surface area contributed by atoms with E-state index in [0.717, 1.165) is 6.42 Å². The highest BCUT2D eigenvalue weighted by molar-refractivity contribution is 5.92. The van der Waals surface area contributed by atoms with Crippen LogP contribution in [0.4, 0.5) is 0 Å². The van der Waals surface area contributed by atoms with Gasteiger partial charge in [-0.2, -0.15) is 0 Å². The zero-order valence-corrected chi connectivity index (χ0v) is 12.1. The van der Waals surface area contributed by atoms with Gasteiger partial charge in [0, 0.05) is 0 Å². The van der Waals surface area contributed by atoms with E-state index < -0.39 is 17.5 Å². The Morgan fingerprint density at radius 3 is 2.05 bits per heavy atom. The van der Waals surface area contributed by atoms with Gasteiger partial charge in [0.25, 0.3) is 0 Å². The van der Waals surface area contributed by atoms with Crippen LogP contribution >= 0.6 is 0 Å². The second-order valence-corrected chi connectivity index (χ2v) is 6.82. The van der Waals surface area contributed by atoms with Crippen LogP contribution in [0.5, 0.6) is 11.5 Å². The van der Waals surface area contributed by atoms with E-state index in [9.17, 15) is 15.0 Å². The standard InChI is InChI=1S/C15H22O4/c1-14(2,3)8-15(4,5)9-6-10(13(18)19)12(17)11(16)7-9/h6-7,16-17H,8H2,1-5H3,(H,18,19). The number of aromatic hydroxyl groups is 2. The highest BCUT2D eigenvalue weighted by Gasteiger charge is 2.29. The first kappa shape index (κ1) is 15.3. The van der Waals surface area contributed by atoms with Crippen molar-refractivity contribution in [1.82, 2.24) is 0 Å². The normalized spacial score (nSPS) is 12.5. The van der Waals surface area contributed by atoms with Gasteiger partial charge in [-0.25, -0.2) is 4.79 Å². The van der Waals surface area contributed by atoms with Crippen LogP contribution in [0.25, 0.3) is 0 Å². The summed E-state index contributed by atoms with van der Waals surface area (Å²) < 4.78 is 0. The van der Waals surface area contributed by atoms with Gasteiger partial charge in [-0.05, 0) is 34.9 Å². The molecule has 0 unspecified atom stereocenters. The fraction of sp³-hybridized carbons (Fsp3) is 0.533. The van der Waals surface area contributed by atoms with E-state index in [1.54, 1.807) is 0 Å². The average molecular weight is 266 g/mol. The number of benzene rings is 1. The summed E-state index contributed by atoms with van der Waals surface area (Å²) in [5.41, 5.74) is 0.209. The van der Waals surface area contributed by atoms with Crippen molar-refractivity contribution >= 4 is 5.97 Å². The maximum Gasteiger partial charge on any atom is 0.339 e. The summed E-state index contributed by atoms with van der Waals surface area (Å²) in [5, 5.41) is 28.3. The molecule has 4 heteroatoms. The van der Waals surface area contributed by atoms with Gasteiger partial charge in [-0.1, -0.05) is 34.6 Å². The first-order valence-corrected chi connectivity index (χ1v) is 6.24. The van der Waals surface area contributed by atoms with Crippen LogP contribution in [-0.4, -0.2) is 21.3 Å². The number of hydrogen-bond donors (Lipinski definition) is 3. The molecule has 0 fully saturated rings. The lowest BCUT2D eigenvalue weighted by Crippen LogP contribution is -2.25. The van der Waals surface area contributed by atoms with Crippen molar-refractivity contribution in [3.63, 3.8) is 0 Å². The van der Waals surface area contributed by atoms with E-state index in [4.69, 9.17) is 5.11 Å². The van der Waals surface area contributed by atoms with Crippen LogP contribution in [0.1, 0.15) is 57.0 Å². The van der Waals surface area contributed by atoms with E-state index in [0.29, 0.717) is 5.56 Å². The highest BCUT2D eigenvalue weighted by atomic mass is 16.4. The van der Waals surface area contributed by atoms with Crippen molar-refractivity contribution in [3.8, 4) is 11.5 Å². The number of rotatable bonds is 3. The molecule has 4 nitrogen and oxygen atoms in total. The first-order chi connectivity index (χ1) is 8.44. The lowest BCUT2D eigenvalue weighted by molar-refractivity contribution is 0.0692. The summed E-state index contributed by atoms with van der Waals surface area (Å²) in [6, 6.07) is 2.87. The number of phenols is 2. The third-order valence-corrected chi connectivity index (χ3v) is 3.07. The molecule has 0 spiro atoms. The van der Waals surface area contributed by atoms with Crippen LogP contribution in [0, 0.1) is 5.41 Å². The van der Waals surface area contributed by atoms with Crippen LogP contribution in [0.2, 0.25) is 0 Å². The third kappa shape index (κ3) is 3.63. The van der Waals surface area contributed by atoms with Crippen molar-refractivity contribution in [3.05, 3.63) is 23.3 Å². The van der Waals surface area contributed by atoms with Gasteiger partial charge in [-0.3, -0.25) is 0 Å². The molecule has 106 valence electrons. The van der Waals surface area contributed by atoms with Gasteiger partial charge in [-0.15, -0.1) is 0 Å². The molecule has 1 aromatic rings. The van der Waals surface area contributed by atoms with Gasteiger partial charge in [0.05, 0.1) is 0 Å². The number of carboxylic acids is 1. The maximum atomic E-state index is 11.1. The summed E-state index contributed by atoms with van der Waals surface area (Å²) in [4.78, 5) is 11.1. The lowest BCUT2D eigenvalue weighted by Gasteiger charge is -2.33. The Hall–Kier alpha value is -1.71. The first-order valence-electron chi connectivity index (χ1n) is 6.24. The van der Waals surface area contributed by atoms with Crippen molar-refractivity contribution < 1.29 is 20.1 Å². The molecule has 0 saturated heterocycles. The van der Waals surface area contributed by atoms with E-state index in [1.165, 1.54) is 12.1 Å². The van der Waals surface area contributed by atoms with Gasteiger partial charge in [0.15, 0.2) is 11.5 Å². The topological polar surface area (TPSA) is 77.8 Å². The Balaban J connectivity index is 3.32. The van der Waals surface area contributed by atoms with Crippen LogP contribution in [0.3, 0.4) is 0 Å². The van der Waals surface area contributed by atoms with Crippen LogP contribution < -0.4 is 0 Å². The Kier molecular flexibility index (Phi) is 3.84. The van der Waals surface area contributed by atoms with Crippen LogP contribution in [-0.2, 0) is 5.41 Å². The summed E-state index contributed by atoms with van der Waals surface area (Å²) in [6.45, 7) is 10.3. The Morgan fingerprint density at radius 1 is 1.11 bits per heavy atom. The molecule has 0 aliphatic rings. The summed E-state index contributed by atoms with van der Waals surface area (Å²) in [5.74, 6) is -2.22. The smallest absolute Gasteiger partial charge is 0.339 e. The van der Waals surface area contributed by atoms with E-state index in [2.05, 4.69) is 20.8 Å². The lowest BCUT2D eigenvalue weighted by atomic mass is 9.72. The van der Waals surface area contributed by atoms with Crippen molar-refractivity contribution in [2.75, 3.05) is 0 Å².